The number of nitrogens with zero attached hydrogens (tertiary/aromatic N) is 2. The molecule has 0 aliphatic carbocycles. The molecule has 1 amide bonds. The lowest BCUT2D eigenvalue weighted by Gasteiger charge is -2.23. The average molecular weight is 320 g/mol. The van der Waals surface area contributed by atoms with Gasteiger partial charge >= 0.3 is 0 Å². The minimum atomic E-state index is -0.137. The molecule has 2 aromatic heterocycles. The number of thiophene rings is 1. The second kappa shape index (κ2) is 6.18. The third-order valence-corrected chi connectivity index (χ3v) is 5.25. The highest BCUT2D eigenvalue weighted by molar-refractivity contribution is 7.18. The Morgan fingerprint density at radius 1 is 1.55 bits per heavy atom. The zero-order valence-electron chi connectivity index (χ0n) is 12.8. The molecule has 0 unspecified atom stereocenters. The standard InChI is InChI=1S/C15H20N4O2S/c1-9-10(2)22-14-13(9)15(21)19(8-17-14)7-12(20)18-11-4-3-5-16-6-11/h8,11,16H,3-7H2,1-2H3,(H,18,20)/t11-/m0/s1. The predicted octanol–water partition coefficient (Wildman–Crippen LogP) is 0.943. The molecule has 0 aromatic carbocycles. The lowest BCUT2D eigenvalue weighted by molar-refractivity contribution is -0.122. The van der Waals surface area contributed by atoms with Crippen molar-refractivity contribution in [2.24, 2.45) is 0 Å². The van der Waals surface area contributed by atoms with E-state index in [-0.39, 0.29) is 24.1 Å². The number of fused-ring (bicyclic) bond motifs is 1. The van der Waals surface area contributed by atoms with Crippen molar-refractivity contribution in [2.45, 2.75) is 39.3 Å². The van der Waals surface area contributed by atoms with Gasteiger partial charge in [0.2, 0.25) is 5.91 Å². The van der Waals surface area contributed by atoms with E-state index in [1.807, 2.05) is 13.8 Å². The number of hydrogen-bond acceptors (Lipinski definition) is 5. The lowest BCUT2D eigenvalue weighted by Crippen LogP contribution is -2.47. The third-order valence-electron chi connectivity index (χ3n) is 4.13. The molecule has 3 rings (SSSR count). The first-order valence-electron chi connectivity index (χ1n) is 7.51. The summed E-state index contributed by atoms with van der Waals surface area (Å²) < 4.78 is 1.40. The Bertz CT molecular complexity index is 759. The van der Waals surface area contributed by atoms with Crippen LogP contribution in [0, 0.1) is 13.8 Å². The molecule has 6 nitrogen and oxygen atoms in total. The van der Waals surface area contributed by atoms with E-state index in [1.54, 1.807) is 0 Å². The van der Waals surface area contributed by atoms with E-state index in [1.165, 1.54) is 22.2 Å². The van der Waals surface area contributed by atoms with Crippen molar-refractivity contribution >= 4 is 27.5 Å². The molecule has 1 aliphatic rings. The summed E-state index contributed by atoms with van der Waals surface area (Å²) in [6, 6.07) is 0.152. The van der Waals surface area contributed by atoms with Crippen LogP contribution in [0.1, 0.15) is 23.3 Å². The zero-order valence-corrected chi connectivity index (χ0v) is 13.6. The number of hydrogen-bond donors (Lipinski definition) is 2. The molecule has 0 spiro atoms. The van der Waals surface area contributed by atoms with Crippen molar-refractivity contribution in [3.63, 3.8) is 0 Å². The topological polar surface area (TPSA) is 76.0 Å². The quantitative estimate of drug-likeness (QED) is 0.882. The number of carbonyl (C=O) groups excluding carboxylic acids is 1. The van der Waals surface area contributed by atoms with Gasteiger partial charge in [0.05, 0.1) is 11.7 Å². The largest absolute Gasteiger partial charge is 0.351 e. The highest BCUT2D eigenvalue weighted by atomic mass is 32.1. The van der Waals surface area contributed by atoms with Crippen LogP contribution in [0.5, 0.6) is 0 Å². The van der Waals surface area contributed by atoms with Crippen LogP contribution < -0.4 is 16.2 Å². The van der Waals surface area contributed by atoms with Gasteiger partial charge in [0.1, 0.15) is 11.4 Å². The number of aryl methyl sites for hydroxylation is 2. The van der Waals surface area contributed by atoms with Crippen molar-refractivity contribution in [3.05, 3.63) is 27.1 Å². The maximum Gasteiger partial charge on any atom is 0.262 e. The van der Waals surface area contributed by atoms with Crippen LogP contribution in [0.3, 0.4) is 0 Å². The summed E-state index contributed by atoms with van der Waals surface area (Å²) >= 11 is 1.52. The molecule has 7 heteroatoms. The molecule has 118 valence electrons. The van der Waals surface area contributed by atoms with Gasteiger partial charge in [-0.05, 0) is 38.8 Å². The Morgan fingerprint density at radius 2 is 2.36 bits per heavy atom. The van der Waals surface area contributed by atoms with E-state index < -0.39 is 0 Å². The van der Waals surface area contributed by atoms with Gasteiger partial charge in [-0.15, -0.1) is 11.3 Å². The fraction of sp³-hybridized carbons (Fsp3) is 0.533. The highest BCUT2D eigenvalue weighted by Gasteiger charge is 2.17. The van der Waals surface area contributed by atoms with Crippen molar-refractivity contribution in [3.8, 4) is 0 Å². The first-order chi connectivity index (χ1) is 10.6. The van der Waals surface area contributed by atoms with Gasteiger partial charge in [0, 0.05) is 17.5 Å². The maximum absolute atomic E-state index is 12.5. The monoisotopic (exact) mass is 320 g/mol. The fourth-order valence-corrected chi connectivity index (χ4v) is 3.77. The van der Waals surface area contributed by atoms with Crippen LogP contribution in [-0.4, -0.2) is 34.6 Å². The van der Waals surface area contributed by atoms with Gasteiger partial charge < -0.3 is 10.6 Å². The number of piperidine rings is 1. The summed E-state index contributed by atoms with van der Waals surface area (Å²) in [5, 5.41) is 6.87. The number of amides is 1. The van der Waals surface area contributed by atoms with Crippen LogP contribution in [0.15, 0.2) is 11.1 Å². The second-order valence-corrected chi connectivity index (χ2v) is 6.96. The van der Waals surface area contributed by atoms with Gasteiger partial charge in [-0.1, -0.05) is 0 Å². The first-order valence-corrected chi connectivity index (χ1v) is 8.33. The Balaban J connectivity index is 1.78. The Kier molecular flexibility index (Phi) is 4.26. The Hall–Kier alpha value is -1.73. The fourth-order valence-electron chi connectivity index (χ4n) is 2.79. The third kappa shape index (κ3) is 2.91. The zero-order chi connectivity index (χ0) is 15.7. The lowest BCUT2D eigenvalue weighted by atomic mass is 10.1. The van der Waals surface area contributed by atoms with Gasteiger partial charge in [0.25, 0.3) is 5.56 Å². The summed E-state index contributed by atoms with van der Waals surface area (Å²) in [7, 11) is 0. The summed E-state index contributed by atoms with van der Waals surface area (Å²) in [6.45, 7) is 5.72. The number of carbonyl (C=O) groups is 1. The molecular formula is C15H20N4O2S. The summed E-state index contributed by atoms with van der Waals surface area (Å²) in [6.07, 6.45) is 3.51. The summed E-state index contributed by atoms with van der Waals surface area (Å²) in [5.41, 5.74) is 0.826. The molecule has 1 aliphatic heterocycles. The number of nitrogens with one attached hydrogen (secondary N) is 2. The molecule has 1 atom stereocenters. The molecule has 2 aromatic rings. The van der Waals surface area contributed by atoms with E-state index in [9.17, 15) is 9.59 Å². The van der Waals surface area contributed by atoms with Crippen LogP contribution in [-0.2, 0) is 11.3 Å². The minimum Gasteiger partial charge on any atom is -0.351 e. The van der Waals surface area contributed by atoms with Crippen molar-refractivity contribution in [1.82, 2.24) is 20.2 Å². The predicted molar refractivity (Wildman–Crippen MR) is 87.4 cm³/mol. The smallest absolute Gasteiger partial charge is 0.262 e. The van der Waals surface area contributed by atoms with Gasteiger partial charge in [-0.3, -0.25) is 14.2 Å². The van der Waals surface area contributed by atoms with E-state index in [0.717, 1.165) is 41.2 Å². The van der Waals surface area contributed by atoms with E-state index in [0.29, 0.717) is 5.39 Å². The molecule has 3 heterocycles. The molecule has 0 radical (unpaired) electrons. The van der Waals surface area contributed by atoms with Gasteiger partial charge in [-0.2, -0.15) is 0 Å². The Morgan fingerprint density at radius 3 is 3.09 bits per heavy atom. The van der Waals surface area contributed by atoms with Gasteiger partial charge in [0.15, 0.2) is 0 Å². The van der Waals surface area contributed by atoms with E-state index >= 15 is 0 Å². The summed E-state index contributed by atoms with van der Waals surface area (Å²) in [4.78, 5) is 30.8. The molecule has 1 saturated heterocycles. The molecule has 0 saturated carbocycles. The SMILES string of the molecule is Cc1sc2ncn(CC(=O)N[C@H]3CCCNC3)c(=O)c2c1C. The van der Waals surface area contributed by atoms with Crippen molar-refractivity contribution in [1.29, 1.82) is 0 Å². The highest BCUT2D eigenvalue weighted by Crippen LogP contribution is 2.25. The summed E-state index contributed by atoms with van der Waals surface area (Å²) in [5.74, 6) is -0.137. The minimum absolute atomic E-state index is 0.0204. The first kappa shape index (κ1) is 15.2. The average Bonchev–Trinajstić information content (AvgIpc) is 2.79. The second-order valence-electron chi connectivity index (χ2n) is 5.75. The molecule has 1 fully saturated rings. The van der Waals surface area contributed by atoms with E-state index in [4.69, 9.17) is 0 Å². The molecular weight excluding hydrogens is 300 g/mol. The van der Waals surface area contributed by atoms with Crippen LogP contribution in [0.4, 0.5) is 0 Å². The van der Waals surface area contributed by atoms with Gasteiger partial charge in [-0.25, -0.2) is 4.98 Å². The molecule has 0 bridgehead atoms. The normalized spacial score (nSPS) is 18.5. The van der Waals surface area contributed by atoms with E-state index in [2.05, 4.69) is 15.6 Å². The molecule has 22 heavy (non-hydrogen) atoms. The van der Waals surface area contributed by atoms with Crippen molar-refractivity contribution < 1.29 is 4.79 Å². The number of aromatic nitrogens is 2. The Labute approximate surface area is 132 Å². The number of rotatable bonds is 3. The van der Waals surface area contributed by atoms with Crippen LogP contribution in [0.2, 0.25) is 0 Å². The van der Waals surface area contributed by atoms with Crippen LogP contribution in [0.25, 0.3) is 10.2 Å². The van der Waals surface area contributed by atoms with Crippen LogP contribution >= 0.6 is 11.3 Å². The van der Waals surface area contributed by atoms with Crippen molar-refractivity contribution in [2.75, 3.05) is 13.1 Å². The molecule has 2 N–H and O–H groups in total. The maximum atomic E-state index is 12.5.